The van der Waals surface area contributed by atoms with E-state index in [4.69, 9.17) is 0 Å². The summed E-state index contributed by atoms with van der Waals surface area (Å²) in [5.41, 5.74) is 2.09. The van der Waals surface area contributed by atoms with E-state index in [0.29, 0.717) is 0 Å². The highest BCUT2D eigenvalue weighted by Crippen LogP contribution is 2.35. The zero-order valence-electron chi connectivity index (χ0n) is 11.9. The maximum Gasteiger partial charge on any atom is 0.164 e. The number of para-hydroxylation sites is 1. The van der Waals surface area contributed by atoms with E-state index in [0.717, 1.165) is 22.2 Å². The zero-order chi connectivity index (χ0) is 15.0. The Morgan fingerprint density at radius 2 is 2.10 bits per heavy atom. The van der Waals surface area contributed by atoms with Crippen LogP contribution in [0.15, 0.2) is 47.5 Å². The molecule has 6 heteroatoms. The first-order chi connectivity index (χ1) is 9.96. The number of rotatable bonds is 3. The molecular weight excluding hydrogens is 304 g/mol. The Morgan fingerprint density at radius 1 is 1.38 bits per heavy atom. The van der Waals surface area contributed by atoms with Gasteiger partial charge in [-0.1, -0.05) is 42.1 Å². The second-order valence-electron chi connectivity index (χ2n) is 5.57. The van der Waals surface area contributed by atoms with E-state index in [2.05, 4.69) is 16.5 Å². The number of benzene rings is 1. The maximum atomic E-state index is 11.9. The fourth-order valence-electron chi connectivity index (χ4n) is 2.71. The highest BCUT2D eigenvalue weighted by molar-refractivity contribution is 8.14. The molecule has 2 aliphatic heterocycles. The first-order valence-corrected chi connectivity index (χ1v) is 9.67. The molecular formula is C15H18N2O2S2. The Balaban J connectivity index is 1.92. The number of amidine groups is 1. The van der Waals surface area contributed by atoms with E-state index in [-0.39, 0.29) is 23.6 Å². The number of aliphatic imine (C=N–C) groups is 1. The molecule has 0 N–H and O–H groups in total. The number of nitrogens with zero attached hydrogens (tertiary/aromatic N) is 2. The topological polar surface area (TPSA) is 49.7 Å². The number of hydrogen-bond acceptors (Lipinski definition) is 5. The third-order valence-electron chi connectivity index (χ3n) is 3.59. The monoisotopic (exact) mass is 322 g/mol. The van der Waals surface area contributed by atoms with Crippen molar-refractivity contribution in [3.05, 3.63) is 42.5 Å². The van der Waals surface area contributed by atoms with Gasteiger partial charge in [-0.25, -0.2) is 8.42 Å². The summed E-state index contributed by atoms with van der Waals surface area (Å²) in [4.78, 5) is 6.75. The Kier molecular flexibility index (Phi) is 3.84. The van der Waals surface area contributed by atoms with Crippen LogP contribution in [-0.2, 0) is 9.84 Å². The molecule has 0 spiro atoms. The Bertz CT molecular complexity index is 683. The van der Waals surface area contributed by atoms with Gasteiger partial charge in [-0.15, -0.1) is 0 Å². The maximum absolute atomic E-state index is 11.9. The van der Waals surface area contributed by atoms with E-state index in [1.54, 1.807) is 11.8 Å². The van der Waals surface area contributed by atoms with Crippen LogP contribution in [0.5, 0.6) is 0 Å². The van der Waals surface area contributed by atoms with E-state index in [1.807, 2.05) is 37.3 Å². The van der Waals surface area contributed by atoms with Crippen LogP contribution in [0.25, 0.3) is 0 Å². The van der Waals surface area contributed by atoms with Crippen LogP contribution >= 0.6 is 11.8 Å². The summed E-state index contributed by atoms with van der Waals surface area (Å²) >= 11 is 1.63. The van der Waals surface area contributed by atoms with Crippen molar-refractivity contribution < 1.29 is 8.42 Å². The van der Waals surface area contributed by atoms with Crippen molar-refractivity contribution in [3.63, 3.8) is 0 Å². The van der Waals surface area contributed by atoms with Crippen molar-refractivity contribution in [3.8, 4) is 0 Å². The number of anilines is 1. The third kappa shape index (κ3) is 3.01. The van der Waals surface area contributed by atoms with Crippen LogP contribution in [0.4, 0.5) is 5.69 Å². The molecule has 0 amide bonds. The highest BCUT2D eigenvalue weighted by Gasteiger charge is 2.46. The van der Waals surface area contributed by atoms with Crippen molar-refractivity contribution in [1.29, 1.82) is 0 Å². The average molecular weight is 322 g/mol. The summed E-state index contributed by atoms with van der Waals surface area (Å²) in [5, 5.41) is 0.911. The van der Waals surface area contributed by atoms with Gasteiger partial charge < -0.3 is 4.90 Å². The minimum Gasteiger partial charge on any atom is -0.315 e. The number of fused-ring (bicyclic) bond motifs is 1. The fourth-order valence-corrected chi connectivity index (χ4v) is 5.52. The van der Waals surface area contributed by atoms with Crippen molar-refractivity contribution >= 4 is 32.5 Å². The van der Waals surface area contributed by atoms with Crippen LogP contribution in [-0.4, -0.2) is 42.9 Å². The van der Waals surface area contributed by atoms with E-state index < -0.39 is 9.84 Å². The lowest BCUT2D eigenvalue weighted by Gasteiger charge is -2.26. The SMILES string of the molecule is C=C(C)CSC1=N[C@@H]2CS(=O)(=O)C[C@H]2N1c1ccccc1. The molecule has 1 saturated heterocycles. The molecule has 0 unspecified atom stereocenters. The second-order valence-corrected chi connectivity index (χ2v) is 8.67. The fraction of sp³-hybridized carbons (Fsp3) is 0.400. The summed E-state index contributed by atoms with van der Waals surface area (Å²) in [7, 11) is -2.98. The zero-order valence-corrected chi connectivity index (χ0v) is 13.5. The first kappa shape index (κ1) is 14.7. The lowest BCUT2D eigenvalue weighted by atomic mass is 10.1. The standard InChI is InChI=1S/C15H18N2O2S2/c1-11(2)8-20-15-16-13-9-21(18,19)10-14(13)17(15)12-6-4-3-5-7-12/h3-7,13-14H,1,8-10H2,2H3/t13-,14-/m1/s1. The molecule has 0 radical (unpaired) electrons. The van der Waals surface area contributed by atoms with Crippen molar-refractivity contribution in [1.82, 2.24) is 0 Å². The predicted molar refractivity (Wildman–Crippen MR) is 89.9 cm³/mol. The summed E-state index contributed by atoms with van der Waals surface area (Å²) in [6, 6.07) is 9.70. The molecule has 1 aromatic carbocycles. The third-order valence-corrected chi connectivity index (χ3v) is 6.49. The second kappa shape index (κ2) is 5.50. The number of hydrogen-bond donors (Lipinski definition) is 0. The lowest BCUT2D eigenvalue weighted by molar-refractivity contribution is 0.601. The van der Waals surface area contributed by atoms with Crippen LogP contribution in [0.1, 0.15) is 6.92 Å². The van der Waals surface area contributed by atoms with Crippen LogP contribution in [0, 0.1) is 0 Å². The predicted octanol–water partition coefficient (Wildman–Crippen LogP) is 2.34. The van der Waals surface area contributed by atoms with Gasteiger partial charge in [0.1, 0.15) is 0 Å². The number of sulfone groups is 1. The molecule has 112 valence electrons. The van der Waals surface area contributed by atoms with Crippen molar-refractivity contribution in [2.75, 3.05) is 22.2 Å². The molecule has 21 heavy (non-hydrogen) atoms. The molecule has 0 aromatic heterocycles. The average Bonchev–Trinajstić information content (AvgIpc) is 2.88. The van der Waals surface area contributed by atoms with Crippen molar-refractivity contribution in [2.24, 2.45) is 4.99 Å². The van der Waals surface area contributed by atoms with Crippen LogP contribution < -0.4 is 4.90 Å². The molecule has 1 aromatic rings. The van der Waals surface area contributed by atoms with Gasteiger partial charge >= 0.3 is 0 Å². The molecule has 2 atom stereocenters. The van der Waals surface area contributed by atoms with Crippen molar-refractivity contribution in [2.45, 2.75) is 19.0 Å². The summed E-state index contributed by atoms with van der Waals surface area (Å²) in [6.45, 7) is 5.91. The normalized spacial score (nSPS) is 26.5. The molecule has 0 saturated carbocycles. The van der Waals surface area contributed by atoms with E-state index in [9.17, 15) is 8.42 Å². The molecule has 1 fully saturated rings. The molecule has 4 nitrogen and oxygen atoms in total. The lowest BCUT2D eigenvalue weighted by Crippen LogP contribution is -2.39. The van der Waals surface area contributed by atoms with Gasteiger partial charge in [0, 0.05) is 11.4 Å². The van der Waals surface area contributed by atoms with Gasteiger partial charge in [0.2, 0.25) is 0 Å². The smallest absolute Gasteiger partial charge is 0.164 e. The minimum atomic E-state index is -2.98. The van der Waals surface area contributed by atoms with Gasteiger partial charge in [0.15, 0.2) is 15.0 Å². The quantitative estimate of drug-likeness (QED) is 0.802. The number of thioether (sulfide) groups is 1. The summed E-state index contributed by atoms with van der Waals surface area (Å²) < 4.78 is 23.8. The molecule has 2 heterocycles. The first-order valence-electron chi connectivity index (χ1n) is 6.86. The van der Waals surface area contributed by atoms with Gasteiger partial charge in [0.25, 0.3) is 0 Å². The molecule has 3 rings (SSSR count). The van der Waals surface area contributed by atoms with E-state index in [1.165, 1.54) is 0 Å². The van der Waals surface area contributed by atoms with Gasteiger partial charge in [-0.2, -0.15) is 0 Å². The largest absolute Gasteiger partial charge is 0.315 e. The Labute approximate surface area is 129 Å². The van der Waals surface area contributed by atoms with Crippen LogP contribution in [0.2, 0.25) is 0 Å². The molecule has 0 aliphatic carbocycles. The minimum absolute atomic E-state index is 0.0648. The van der Waals surface area contributed by atoms with Gasteiger partial charge in [-0.05, 0) is 19.1 Å². The highest BCUT2D eigenvalue weighted by atomic mass is 32.2. The Morgan fingerprint density at radius 3 is 2.76 bits per heavy atom. The van der Waals surface area contributed by atoms with Gasteiger partial charge in [-0.3, -0.25) is 4.99 Å². The summed E-state index contributed by atoms with van der Waals surface area (Å²) in [6.07, 6.45) is 0. The summed E-state index contributed by atoms with van der Waals surface area (Å²) in [5.74, 6) is 1.15. The van der Waals surface area contributed by atoms with Crippen LogP contribution in [0.3, 0.4) is 0 Å². The molecule has 2 aliphatic rings. The van der Waals surface area contributed by atoms with E-state index >= 15 is 0 Å². The van der Waals surface area contributed by atoms with Gasteiger partial charge in [0.05, 0.1) is 23.6 Å². The molecule has 0 bridgehead atoms. The Hall–Kier alpha value is -1.27.